The van der Waals surface area contributed by atoms with E-state index in [-0.39, 0.29) is 0 Å². The molecule has 24 heavy (non-hydrogen) atoms. The Morgan fingerprint density at radius 3 is 2.21 bits per heavy atom. The van der Waals surface area contributed by atoms with Crippen LogP contribution in [0.1, 0.15) is 30.5 Å². The fourth-order valence-electron chi connectivity index (χ4n) is 2.82. The first kappa shape index (κ1) is 18.3. The van der Waals surface area contributed by atoms with Crippen molar-refractivity contribution in [3.05, 3.63) is 47.0 Å². The van der Waals surface area contributed by atoms with Crippen LogP contribution < -0.4 is 10.2 Å². The van der Waals surface area contributed by atoms with Gasteiger partial charge in [0.25, 0.3) is 0 Å². The smallest absolute Gasteiger partial charge is 0.188 e. The summed E-state index contributed by atoms with van der Waals surface area (Å²) in [6.45, 7) is 10.4. The number of nitrogens with zero attached hydrogens (tertiary/aromatic N) is 2. The molecule has 1 heterocycles. The van der Waals surface area contributed by atoms with Gasteiger partial charge in [0.15, 0.2) is 5.13 Å². The van der Waals surface area contributed by atoms with Crippen LogP contribution in [0.15, 0.2) is 30.3 Å². The molecule has 0 amide bonds. The van der Waals surface area contributed by atoms with Gasteiger partial charge in [0.1, 0.15) is 0 Å². The number of nitrogens with one attached hydrogen (secondary N) is 1. The molecule has 4 heteroatoms. The van der Waals surface area contributed by atoms with E-state index >= 15 is 0 Å². The lowest BCUT2D eigenvalue weighted by Crippen LogP contribution is -2.08. The van der Waals surface area contributed by atoms with Gasteiger partial charge in [-0.15, -0.1) is 0 Å². The molecule has 0 radical (unpaired) electrons. The molecule has 3 aromatic rings. The largest absolute Gasteiger partial charge is 0.376 e. The van der Waals surface area contributed by atoms with Crippen LogP contribution in [0.2, 0.25) is 0 Å². The maximum Gasteiger partial charge on any atom is 0.188 e. The first-order valence-corrected chi connectivity index (χ1v) is 9.19. The molecule has 0 bridgehead atoms. The van der Waals surface area contributed by atoms with Crippen molar-refractivity contribution in [2.24, 2.45) is 0 Å². The summed E-state index contributed by atoms with van der Waals surface area (Å²) in [6, 6.07) is 10.7. The highest BCUT2D eigenvalue weighted by atomic mass is 32.1. The molecule has 0 saturated heterocycles. The number of aromatic nitrogens is 1. The molecule has 1 aromatic heterocycles. The van der Waals surface area contributed by atoms with Crippen molar-refractivity contribution in [2.75, 3.05) is 24.3 Å². The minimum absolute atomic E-state index is 0.944. The summed E-state index contributed by atoms with van der Waals surface area (Å²) >= 11 is 1.70. The summed E-state index contributed by atoms with van der Waals surface area (Å²) in [5.41, 5.74) is 7.21. The normalized spacial score (nSPS) is 10.3. The van der Waals surface area contributed by atoms with E-state index in [4.69, 9.17) is 4.98 Å². The Morgan fingerprint density at radius 2 is 1.62 bits per heavy atom. The van der Waals surface area contributed by atoms with Crippen LogP contribution in [0.3, 0.4) is 0 Å². The molecule has 0 aliphatic rings. The van der Waals surface area contributed by atoms with Crippen LogP contribution in [-0.4, -0.2) is 19.1 Å². The van der Waals surface area contributed by atoms with E-state index in [0.717, 1.165) is 16.3 Å². The SMILES string of the molecule is CC.Cc1cc(C)c(Nc2nc3cccc(N(C)C)c3s2)c(C)c1. The molecule has 0 aliphatic heterocycles. The third-order valence-corrected chi connectivity index (χ3v) is 4.79. The summed E-state index contributed by atoms with van der Waals surface area (Å²) in [6.07, 6.45) is 0. The average Bonchev–Trinajstić information content (AvgIpc) is 2.95. The van der Waals surface area contributed by atoms with Gasteiger partial charge in [0.2, 0.25) is 0 Å². The standard InChI is InChI=1S/C18H21N3S.C2H6/c1-11-9-12(2)16(13(3)10-11)20-18-19-14-7-6-8-15(21(4)5)17(14)22-18;1-2/h6-10H,1-5H3,(H,19,20);1-2H3. The van der Waals surface area contributed by atoms with Gasteiger partial charge >= 0.3 is 0 Å². The monoisotopic (exact) mass is 341 g/mol. The number of anilines is 3. The first-order valence-electron chi connectivity index (χ1n) is 8.37. The second kappa shape index (κ2) is 7.67. The summed E-state index contributed by atoms with van der Waals surface area (Å²) in [5.74, 6) is 0. The zero-order valence-electron chi connectivity index (χ0n) is 15.7. The molecule has 0 fully saturated rings. The fraction of sp³-hybridized carbons (Fsp3) is 0.350. The van der Waals surface area contributed by atoms with Crippen molar-refractivity contribution in [2.45, 2.75) is 34.6 Å². The highest BCUT2D eigenvalue weighted by Gasteiger charge is 2.11. The Hall–Kier alpha value is -2.07. The Morgan fingerprint density at radius 1 is 1.00 bits per heavy atom. The lowest BCUT2D eigenvalue weighted by molar-refractivity contribution is 1.14. The second-order valence-electron chi connectivity index (χ2n) is 5.94. The lowest BCUT2D eigenvalue weighted by Gasteiger charge is -2.12. The Balaban J connectivity index is 0.00000100. The molecule has 3 nitrogen and oxygen atoms in total. The maximum absolute atomic E-state index is 4.74. The molecule has 3 rings (SSSR count). The van der Waals surface area contributed by atoms with E-state index in [9.17, 15) is 0 Å². The molecule has 0 unspecified atom stereocenters. The number of thiazole rings is 1. The van der Waals surface area contributed by atoms with Gasteiger partial charge in [-0.05, 0) is 44.0 Å². The van der Waals surface area contributed by atoms with Crippen molar-refractivity contribution < 1.29 is 0 Å². The molecule has 1 N–H and O–H groups in total. The number of fused-ring (bicyclic) bond motifs is 1. The van der Waals surface area contributed by atoms with Gasteiger partial charge in [-0.3, -0.25) is 0 Å². The van der Waals surface area contributed by atoms with E-state index < -0.39 is 0 Å². The third kappa shape index (κ3) is 3.70. The van der Waals surface area contributed by atoms with Gasteiger partial charge in [0.05, 0.1) is 15.9 Å². The van der Waals surface area contributed by atoms with Gasteiger partial charge in [-0.1, -0.05) is 48.9 Å². The van der Waals surface area contributed by atoms with Crippen LogP contribution in [0.25, 0.3) is 10.2 Å². The highest BCUT2D eigenvalue weighted by molar-refractivity contribution is 7.22. The minimum atomic E-state index is 0.944. The summed E-state index contributed by atoms with van der Waals surface area (Å²) in [4.78, 5) is 6.87. The number of hydrogen-bond donors (Lipinski definition) is 1. The van der Waals surface area contributed by atoms with E-state index in [2.05, 4.69) is 75.4 Å². The second-order valence-corrected chi connectivity index (χ2v) is 6.94. The van der Waals surface area contributed by atoms with Gasteiger partial charge in [-0.25, -0.2) is 4.98 Å². The topological polar surface area (TPSA) is 28.2 Å². The minimum Gasteiger partial charge on any atom is -0.376 e. The zero-order chi connectivity index (χ0) is 17.9. The Bertz CT molecular complexity index is 811. The van der Waals surface area contributed by atoms with Crippen molar-refractivity contribution in [3.63, 3.8) is 0 Å². The first-order chi connectivity index (χ1) is 11.5. The van der Waals surface area contributed by atoms with Gasteiger partial charge in [0, 0.05) is 19.8 Å². The van der Waals surface area contributed by atoms with E-state index in [1.807, 2.05) is 13.8 Å². The molecule has 2 aromatic carbocycles. The molecular formula is C20H27N3S. The van der Waals surface area contributed by atoms with E-state index in [1.54, 1.807) is 11.3 Å². The molecule has 128 valence electrons. The lowest BCUT2D eigenvalue weighted by atomic mass is 10.1. The Labute approximate surface area is 149 Å². The predicted octanol–water partition coefficient (Wildman–Crippen LogP) is 6.06. The molecular weight excluding hydrogens is 314 g/mol. The fourth-order valence-corrected chi connectivity index (χ4v) is 3.89. The molecule has 0 saturated carbocycles. The number of aryl methyl sites for hydroxylation is 3. The van der Waals surface area contributed by atoms with Crippen LogP contribution in [-0.2, 0) is 0 Å². The van der Waals surface area contributed by atoms with Gasteiger partial charge in [-0.2, -0.15) is 0 Å². The van der Waals surface area contributed by atoms with Crippen molar-refractivity contribution in [1.82, 2.24) is 4.98 Å². The molecule has 0 spiro atoms. The highest BCUT2D eigenvalue weighted by Crippen LogP contribution is 2.35. The summed E-state index contributed by atoms with van der Waals surface area (Å²) < 4.78 is 1.22. The quantitative estimate of drug-likeness (QED) is 0.628. The van der Waals surface area contributed by atoms with Crippen LogP contribution >= 0.6 is 11.3 Å². The molecule has 0 atom stereocenters. The maximum atomic E-state index is 4.74. The number of hydrogen-bond acceptors (Lipinski definition) is 4. The average molecular weight is 342 g/mol. The van der Waals surface area contributed by atoms with Gasteiger partial charge < -0.3 is 10.2 Å². The molecule has 0 aliphatic carbocycles. The van der Waals surface area contributed by atoms with Crippen LogP contribution in [0.4, 0.5) is 16.5 Å². The van der Waals surface area contributed by atoms with Crippen LogP contribution in [0.5, 0.6) is 0 Å². The van der Waals surface area contributed by atoms with Crippen LogP contribution in [0, 0.1) is 20.8 Å². The summed E-state index contributed by atoms with van der Waals surface area (Å²) in [7, 11) is 4.13. The van der Waals surface area contributed by atoms with Crippen molar-refractivity contribution in [1.29, 1.82) is 0 Å². The van der Waals surface area contributed by atoms with Crippen molar-refractivity contribution >= 4 is 38.1 Å². The number of benzene rings is 2. The summed E-state index contributed by atoms with van der Waals surface area (Å²) in [5, 5.41) is 4.46. The zero-order valence-corrected chi connectivity index (χ0v) is 16.5. The van der Waals surface area contributed by atoms with E-state index in [0.29, 0.717) is 0 Å². The predicted molar refractivity (Wildman–Crippen MR) is 109 cm³/mol. The van der Waals surface area contributed by atoms with Crippen molar-refractivity contribution in [3.8, 4) is 0 Å². The third-order valence-electron chi connectivity index (χ3n) is 3.78. The van der Waals surface area contributed by atoms with E-state index in [1.165, 1.54) is 27.1 Å². The Kier molecular flexibility index (Phi) is 5.84. The number of rotatable bonds is 3.